The van der Waals surface area contributed by atoms with Gasteiger partial charge in [0.2, 0.25) is 5.91 Å². The van der Waals surface area contributed by atoms with Crippen molar-refractivity contribution in [3.8, 4) is 0 Å². The van der Waals surface area contributed by atoms with Gasteiger partial charge in [0.15, 0.2) is 0 Å². The van der Waals surface area contributed by atoms with E-state index >= 15 is 0 Å². The summed E-state index contributed by atoms with van der Waals surface area (Å²) in [6, 6.07) is 8.12. The van der Waals surface area contributed by atoms with Crippen molar-refractivity contribution >= 4 is 39.5 Å². The summed E-state index contributed by atoms with van der Waals surface area (Å²) in [6.07, 6.45) is 3.46. The Morgan fingerprint density at radius 3 is 2.76 bits per heavy atom. The normalized spacial score (nSPS) is 13.0. The third kappa shape index (κ3) is 4.51. The Hall–Kier alpha value is -1.46. The van der Waals surface area contributed by atoms with Gasteiger partial charge in [0.1, 0.15) is 4.38 Å². The SMILES string of the molecule is C=CCN(CC=C)C(=O)CSC1=Nc2ccccc2CS1. The highest BCUT2D eigenvalue weighted by Gasteiger charge is 2.16. The lowest BCUT2D eigenvalue weighted by atomic mass is 10.2. The van der Waals surface area contributed by atoms with Crippen LogP contribution < -0.4 is 0 Å². The molecule has 0 saturated carbocycles. The molecule has 1 aromatic carbocycles. The van der Waals surface area contributed by atoms with E-state index in [9.17, 15) is 4.79 Å². The fourth-order valence-corrected chi connectivity index (χ4v) is 3.86. The molecule has 110 valence electrons. The summed E-state index contributed by atoms with van der Waals surface area (Å²) < 4.78 is 0.958. The van der Waals surface area contributed by atoms with Crippen LogP contribution in [0.2, 0.25) is 0 Å². The maximum atomic E-state index is 12.2. The molecular weight excluding hydrogens is 300 g/mol. The fourth-order valence-electron chi connectivity index (χ4n) is 1.89. The van der Waals surface area contributed by atoms with Gasteiger partial charge in [0, 0.05) is 18.8 Å². The van der Waals surface area contributed by atoms with Crippen LogP contribution in [0.25, 0.3) is 0 Å². The Balaban J connectivity index is 1.94. The molecule has 0 aromatic heterocycles. The standard InChI is InChI=1S/C16H18N2OS2/c1-3-9-18(10-4-2)15(19)12-21-16-17-14-8-6-5-7-13(14)11-20-16/h3-8H,1-2,9-12H2. The van der Waals surface area contributed by atoms with E-state index in [0.717, 1.165) is 15.8 Å². The summed E-state index contributed by atoms with van der Waals surface area (Å²) in [7, 11) is 0. The molecule has 21 heavy (non-hydrogen) atoms. The average molecular weight is 318 g/mol. The molecule has 0 aliphatic carbocycles. The van der Waals surface area contributed by atoms with Crippen LogP contribution in [0.3, 0.4) is 0 Å². The molecule has 0 N–H and O–H groups in total. The molecule has 0 saturated heterocycles. The molecular formula is C16H18N2OS2. The van der Waals surface area contributed by atoms with E-state index in [1.807, 2.05) is 18.2 Å². The summed E-state index contributed by atoms with van der Waals surface area (Å²) in [5, 5.41) is 0. The van der Waals surface area contributed by atoms with Gasteiger partial charge < -0.3 is 4.90 Å². The zero-order valence-electron chi connectivity index (χ0n) is 11.8. The highest BCUT2D eigenvalue weighted by atomic mass is 32.2. The second-order valence-corrected chi connectivity index (χ2v) is 6.65. The molecule has 0 atom stereocenters. The van der Waals surface area contributed by atoms with Gasteiger partial charge in [-0.2, -0.15) is 0 Å². The van der Waals surface area contributed by atoms with Crippen LogP contribution in [-0.2, 0) is 10.5 Å². The van der Waals surface area contributed by atoms with Gasteiger partial charge in [-0.3, -0.25) is 4.79 Å². The Bertz CT molecular complexity index is 559. The first kappa shape index (κ1) is 15.9. The number of rotatable bonds is 6. The minimum atomic E-state index is 0.0851. The highest BCUT2D eigenvalue weighted by Crippen LogP contribution is 2.34. The zero-order chi connectivity index (χ0) is 15.1. The summed E-state index contributed by atoms with van der Waals surface area (Å²) in [5.74, 6) is 1.40. The number of benzene rings is 1. The number of hydrogen-bond acceptors (Lipinski definition) is 4. The van der Waals surface area contributed by atoms with Crippen molar-refractivity contribution in [1.82, 2.24) is 4.90 Å². The quantitative estimate of drug-likeness (QED) is 0.747. The first-order chi connectivity index (χ1) is 10.2. The Kier molecular flexibility index (Phi) is 6.14. The molecule has 2 rings (SSSR count). The zero-order valence-corrected chi connectivity index (χ0v) is 13.5. The lowest BCUT2D eigenvalue weighted by Crippen LogP contribution is -2.32. The number of carbonyl (C=O) groups is 1. The second-order valence-electron chi connectivity index (χ2n) is 4.46. The summed E-state index contributed by atoms with van der Waals surface area (Å²) in [5.41, 5.74) is 2.26. The third-order valence-electron chi connectivity index (χ3n) is 2.93. The van der Waals surface area contributed by atoms with Crippen molar-refractivity contribution in [2.75, 3.05) is 18.8 Å². The van der Waals surface area contributed by atoms with Crippen LogP contribution in [0.1, 0.15) is 5.56 Å². The molecule has 0 fully saturated rings. The van der Waals surface area contributed by atoms with E-state index in [0.29, 0.717) is 18.8 Å². The van der Waals surface area contributed by atoms with Crippen molar-refractivity contribution in [2.24, 2.45) is 4.99 Å². The van der Waals surface area contributed by atoms with E-state index in [-0.39, 0.29) is 5.91 Å². The maximum Gasteiger partial charge on any atom is 0.233 e. The maximum absolute atomic E-state index is 12.2. The molecule has 1 amide bonds. The molecule has 0 spiro atoms. The first-order valence-corrected chi connectivity index (χ1v) is 8.63. The molecule has 0 unspecified atom stereocenters. The molecule has 1 heterocycles. The van der Waals surface area contributed by atoms with E-state index in [1.165, 1.54) is 17.3 Å². The number of fused-ring (bicyclic) bond motifs is 1. The molecule has 1 aliphatic heterocycles. The van der Waals surface area contributed by atoms with Crippen LogP contribution in [0, 0.1) is 0 Å². The number of amides is 1. The van der Waals surface area contributed by atoms with Crippen LogP contribution in [0.5, 0.6) is 0 Å². The smallest absolute Gasteiger partial charge is 0.233 e. The van der Waals surface area contributed by atoms with Gasteiger partial charge in [0.25, 0.3) is 0 Å². The van der Waals surface area contributed by atoms with Crippen LogP contribution >= 0.6 is 23.5 Å². The minimum Gasteiger partial charge on any atom is -0.335 e. The Labute approximate surface area is 134 Å². The predicted octanol–water partition coefficient (Wildman–Crippen LogP) is 3.85. The van der Waals surface area contributed by atoms with E-state index in [2.05, 4.69) is 24.2 Å². The summed E-state index contributed by atoms with van der Waals surface area (Å²) in [4.78, 5) is 18.5. The largest absolute Gasteiger partial charge is 0.335 e. The monoisotopic (exact) mass is 318 g/mol. The molecule has 0 radical (unpaired) electrons. The van der Waals surface area contributed by atoms with Crippen molar-refractivity contribution in [3.63, 3.8) is 0 Å². The van der Waals surface area contributed by atoms with E-state index in [1.54, 1.807) is 28.8 Å². The van der Waals surface area contributed by atoms with Crippen molar-refractivity contribution in [1.29, 1.82) is 0 Å². The van der Waals surface area contributed by atoms with E-state index in [4.69, 9.17) is 0 Å². The van der Waals surface area contributed by atoms with Crippen molar-refractivity contribution in [3.05, 3.63) is 55.1 Å². The Morgan fingerprint density at radius 2 is 2.05 bits per heavy atom. The molecule has 1 aliphatic rings. The number of hydrogen-bond donors (Lipinski definition) is 0. The number of thioether (sulfide) groups is 2. The topological polar surface area (TPSA) is 32.7 Å². The Morgan fingerprint density at radius 1 is 1.33 bits per heavy atom. The second kappa shape index (κ2) is 8.10. The van der Waals surface area contributed by atoms with Crippen molar-refractivity contribution in [2.45, 2.75) is 5.75 Å². The number of aliphatic imine (C=N–C) groups is 1. The van der Waals surface area contributed by atoms with Crippen LogP contribution in [0.4, 0.5) is 5.69 Å². The van der Waals surface area contributed by atoms with Gasteiger partial charge in [-0.1, -0.05) is 53.9 Å². The number of para-hydroxylation sites is 1. The summed E-state index contributed by atoms with van der Waals surface area (Å²) >= 11 is 3.19. The van der Waals surface area contributed by atoms with Gasteiger partial charge in [-0.05, 0) is 11.6 Å². The molecule has 3 nitrogen and oxygen atoms in total. The lowest BCUT2D eigenvalue weighted by Gasteiger charge is -2.19. The first-order valence-electron chi connectivity index (χ1n) is 6.66. The minimum absolute atomic E-state index is 0.0851. The van der Waals surface area contributed by atoms with Crippen molar-refractivity contribution < 1.29 is 4.79 Å². The highest BCUT2D eigenvalue weighted by molar-refractivity contribution is 8.38. The van der Waals surface area contributed by atoms with E-state index < -0.39 is 0 Å². The van der Waals surface area contributed by atoms with Gasteiger partial charge in [-0.25, -0.2) is 4.99 Å². The number of nitrogens with zero attached hydrogens (tertiary/aromatic N) is 2. The van der Waals surface area contributed by atoms with Gasteiger partial charge in [-0.15, -0.1) is 13.2 Å². The van der Waals surface area contributed by atoms with Crippen LogP contribution in [-0.4, -0.2) is 34.0 Å². The summed E-state index contributed by atoms with van der Waals surface area (Å²) in [6.45, 7) is 8.45. The average Bonchev–Trinajstić information content (AvgIpc) is 2.52. The van der Waals surface area contributed by atoms with Gasteiger partial charge in [0.05, 0.1) is 11.4 Å². The van der Waals surface area contributed by atoms with Crippen LogP contribution in [0.15, 0.2) is 54.6 Å². The molecule has 5 heteroatoms. The predicted molar refractivity (Wildman–Crippen MR) is 94.3 cm³/mol. The molecule has 1 aromatic rings. The third-order valence-corrected chi connectivity index (χ3v) is 5.16. The van der Waals surface area contributed by atoms with Gasteiger partial charge >= 0.3 is 0 Å². The number of carbonyl (C=O) groups excluding carboxylic acids is 1. The lowest BCUT2D eigenvalue weighted by molar-refractivity contribution is -0.127. The molecule has 0 bridgehead atoms. The fraction of sp³-hybridized carbons (Fsp3) is 0.250.